The van der Waals surface area contributed by atoms with Crippen LogP contribution in [0.1, 0.15) is 32.7 Å². The molecule has 5 nitrogen and oxygen atoms in total. The van der Waals surface area contributed by atoms with Crippen molar-refractivity contribution in [1.82, 2.24) is 0 Å². The van der Waals surface area contributed by atoms with Crippen molar-refractivity contribution in [1.29, 1.82) is 0 Å². The van der Waals surface area contributed by atoms with E-state index in [4.69, 9.17) is 9.47 Å². The number of ketones is 1. The molecule has 0 aromatic heterocycles. The van der Waals surface area contributed by atoms with Crippen LogP contribution in [0, 0.1) is 0 Å². The molecule has 0 bridgehead atoms. The summed E-state index contributed by atoms with van der Waals surface area (Å²) in [4.78, 5) is 36.1. The first-order chi connectivity index (χ1) is 14.1. The summed E-state index contributed by atoms with van der Waals surface area (Å²) < 4.78 is 10.3. The molecule has 0 radical (unpaired) electrons. The van der Waals surface area contributed by atoms with Gasteiger partial charge in [-0.3, -0.25) is 9.59 Å². The molecule has 0 spiro atoms. The lowest BCUT2D eigenvalue weighted by molar-refractivity contribution is -0.142. The number of aryl methyl sites for hydroxylation is 1. The van der Waals surface area contributed by atoms with Crippen LogP contribution in [-0.4, -0.2) is 24.3 Å². The Labute approximate surface area is 168 Å². The molecular formula is C24H20O5. The molecule has 3 rings (SSSR count). The Morgan fingerprint density at radius 1 is 0.690 bits per heavy atom. The molecular weight excluding hydrogens is 368 g/mol. The van der Waals surface area contributed by atoms with Crippen LogP contribution in [0.3, 0.4) is 0 Å². The molecule has 0 aliphatic carbocycles. The van der Waals surface area contributed by atoms with Crippen molar-refractivity contribution in [2.45, 2.75) is 12.8 Å². The predicted molar refractivity (Wildman–Crippen MR) is 108 cm³/mol. The minimum Gasteiger partial charge on any atom is -0.457 e. The van der Waals surface area contributed by atoms with E-state index in [0.29, 0.717) is 23.3 Å². The fraction of sp³-hybridized carbons (Fsp3) is 0.125. The largest absolute Gasteiger partial charge is 0.457 e. The summed E-state index contributed by atoms with van der Waals surface area (Å²) in [7, 11) is 0. The van der Waals surface area contributed by atoms with Crippen LogP contribution >= 0.6 is 0 Å². The Morgan fingerprint density at radius 2 is 1.31 bits per heavy atom. The number of hydrogen-bond donors (Lipinski definition) is 0. The normalized spacial score (nSPS) is 10.2. The maximum Gasteiger partial charge on any atom is 0.343 e. The fourth-order valence-electron chi connectivity index (χ4n) is 2.64. The van der Waals surface area contributed by atoms with E-state index in [1.54, 1.807) is 24.3 Å². The molecule has 0 N–H and O–H groups in total. The molecule has 0 saturated heterocycles. The highest BCUT2D eigenvalue weighted by molar-refractivity contribution is 5.98. The third-order valence-electron chi connectivity index (χ3n) is 4.22. The molecule has 0 saturated carbocycles. The van der Waals surface area contributed by atoms with Gasteiger partial charge in [-0.1, -0.05) is 48.5 Å². The lowest BCUT2D eigenvalue weighted by atomic mass is 10.1. The van der Waals surface area contributed by atoms with E-state index in [1.165, 1.54) is 24.3 Å². The lowest BCUT2D eigenvalue weighted by Crippen LogP contribution is -2.14. The molecule has 146 valence electrons. The third kappa shape index (κ3) is 6.14. The van der Waals surface area contributed by atoms with Gasteiger partial charge in [0.15, 0.2) is 12.4 Å². The maximum atomic E-state index is 12.2. The van der Waals surface area contributed by atoms with Crippen molar-refractivity contribution < 1.29 is 23.9 Å². The quantitative estimate of drug-likeness (QED) is 0.328. The summed E-state index contributed by atoms with van der Waals surface area (Å²) in [6.45, 7) is -0.323. The predicted octanol–water partition coefficient (Wildman–Crippen LogP) is 4.26. The van der Waals surface area contributed by atoms with Gasteiger partial charge in [-0.25, -0.2) is 4.79 Å². The van der Waals surface area contributed by atoms with Crippen molar-refractivity contribution in [2.24, 2.45) is 0 Å². The van der Waals surface area contributed by atoms with Gasteiger partial charge in [-0.2, -0.15) is 0 Å². The number of carbonyl (C=O) groups is 3. The molecule has 0 amide bonds. The molecule has 0 atom stereocenters. The molecule has 29 heavy (non-hydrogen) atoms. The van der Waals surface area contributed by atoms with Crippen molar-refractivity contribution >= 4 is 17.7 Å². The average molecular weight is 388 g/mol. The van der Waals surface area contributed by atoms with Crippen LogP contribution in [0.25, 0.3) is 0 Å². The summed E-state index contributed by atoms with van der Waals surface area (Å²) in [6, 6.07) is 24.4. The summed E-state index contributed by atoms with van der Waals surface area (Å²) in [6.07, 6.45) is 0.779. The summed E-state index contributed by atoms with van der Waals surface area (Å²) in [5, 5.41) is 0. The Morgan fingerprint density at radius 3 is 1.97 bits per heavy atom. The standard InChI is InChI=1S/C24H20O5/c25-22(17-28-23(26)16-11-18-7-3-1-4-8-18)19-12-14-21(15-13-19)29-24(27)20-9-5-2-6-10-20/h1-10,12-15H,11,16-17H2. The van der Waals surface area contributed by atoms with Gasteiger partial charge in [0.2, 0.25) is 0 Å². The first kappa shape index (κ1) is 20.0. The van der Waals surface area contributed by atoms with Gasteiger partial charge in [0.1, 0.15) is 5.75 Å². The average Bonchev–Trinajstić information content (AvgIpc) is 2.78. The van der Waals surface area contributed by atoms with Crippen LogP contribution in [-0.2, 0) is 16.0 Å². The Kier molecular flexibility index (Phi) is 6.90. The van der Waals surface area contributed by atoms with Crippen LogP contribution < -0.4 is 4.74 Å². The Balaban J connectivity index is 1.46. The number of rotatable bonds is 8. The van der Waals surface area contributed by atoms with Gasteiger partial charge in [0, 0.05) is 12.0 Å². The van der Waals surface area contributed by atoms with E-state index in [-0.39, 0.29) is 18.8 Å². The number of benzene rings is 3. The number of carbonyl (C=O) groups excluding carboxylic acids is 3. The number of hydrogen-bond acceptors (Lipinski definition) is 5. The minimum absolute atomic E-state index is 0.214. The number of esters is 2. The zero-order chi connectivity index (χ0) is 20.5. The van der Waals surface area contributed by atoms with Crippen molar-refractivity contribution in [3.05, 3.63) is 102 Å². The van der Waals surface area contributed by atoms with Crippen LogP contribution in [0.15, 0.2) is 84.9 Å². The monoisotopic (exact) mass is 388 g/mol. The molecule has 3 aromatic rings. The van der Waals surface area contributed by atoms with Gasteiger partial charge >= 0.3 is 11.9 Å². The summed E-state index contributed by atoms with van der Waals surface area (Å²) in [5.74, 6) is -0.887. The van der Waals surface area contributed by atoms with Crippen LogP contribution in [0.5, 0.6) is 5.75 Å². The van der Waals surface area contributed by atoms with Gasteiger partial charge in [0.25, 0.3) is 0 Å². The second-order valence-electron chi connectivity index (χ2n) is 6.35. The maximum absolute atomic E-state index is 12.2. The molecule has 3 aromatic carbocycles. The van der Waals surface area contributed by atoms with Gasteiger partial charge in [-0.05, 0) is 48.4 Å². The smallest absolute Gasteiger partial charge is 0.343 e. The first-order valence-corrected chi connectivity index (χ1v) is 9.22. The van der Waals surface area contributed by atoms with Crippen molar-refractivity contribution in [3.63, 3.8) is 0 Å². The zero-order valence-electron chi connectivity index (χ0n) is 15.7. The molecule has 0 fully saturated rings. The van der Waals surface area contributed by atoms with Crippen molar-refractivity contribution in [3.8, 4) is 5.75 Å². The van der Waals surface area contributed by atoms with Crippen LogP contribution in [0.4, 0.5) is 0 Å². The van der Waals surface area contributed by atoms with E-state index >= 15 is 0 Å². The minimum atomic E-state index is -0.475. The second-order valence-corrected chi connectivity index (χ2v) is 6.35. The highest BCUT2D eigenvalue weighted by Gasteiger charge is 2.12. The highest BCUT2D eigenvalue weighted by Crippen LogP contribution is 2.15. The topological polar surface area (TPSA) is 69.7 Å². The number of ether oxygens (including phenoxy) is 2. The van der Waals surface area contributed by atoms with E-state index in [2.05, 4.69) is 0 Å². The van der Waals surface area contributed by atoms with Gasteiger partial charge in [-0.15, -0.1) is 0 Å². The van der Waals surface area contributed by atoms with E-state index in [1.807, 2.05) is 36.4 Å². The zero-order valence-corrected chi connectivity index (χ0v) is 15.7. The highest BCUT2D eigenvalue weighted by atomic mass is 16.5. The lowest BCUT2D eigenvalue weighted by Gasteiger charge is -2.07. The van der Waals surface area contributed by atoms with Crippen molar-refractivity contribution in [2.75, 3.05) is 6.61 Å². The van der Waals surface area contributed by atoms with Gasteiger partial charge < -0.3 is 9.47 Å². The molecule has 0 unspecified atom stereocenters. The summed E-state index contributed by atoms with van der Waals surface area (Å²) in [5.41, 5.74) is 1.85. The third-order valence-corrected chi connectivity index (χ3v) is 4.22. The second kappa shape index (κ2) is 9.99. The van der Waals surface area contributed by atoms with Crippen LogP contribution in [0.2, 0.25) is 0 Å². The first-order valence-electron chi connectivity index (χ1n) is 9.22. The Hall–Kier alpha value is -3.73. The molecule has 0 aliphatic heterocycles. The number of Topliss-reactive ketones (excluding diaryl/α,β-unsaturated/α-hetero) is 1. The van der Waals surface area contributed by atoms with E-state index in [9.17, 15) is 14.4 Å². The summed E-state index contributed by atoms with van der Waals surface area (Å²) >= 11 is 0. The van der Waals surface area contributed by atoms with E-state index in [0.717, 1.165) is 5.56 Å². The molecule has 5 heteroatoms. The SMILES string of the molecule is O=C(CCc1ccccc1)OCC(=O)c1ccc(OC(=O)c2ccccc2)cc1. The molecule has 0 heterocycles. The molecule has 0 aliphatic rings. The van der Waals surface area contributed by atoms with E-state index < -0.39 is 11.9 Å². The Bertz CT molecular complexity index is 963. The fourth-order valence-corrected chi connectivity index (χ4v) is 2.64. The van der Waals surface area contributed by atoms with Gasteiger partial charge in [0.05, 0.1) is 5.56 Å².